The summed E-state index contributed by atoms with van der Waals surface area (Å²) in [6.07, 6.45) is 8.02. The second kappa shape index (κ2) is 7.69. The fraction of sp³-hybridized carbons (Fsp3) is 0.550. The van der Waals surface area contributed by atoms with E-state index in [9.17, 15) is 9.59 Å². The van der Waals surface area contributed by atoms with Crippen molar-refractivity contribution in [2.45, 2.75) is 52.2 Å². The maximum absolute atomic E-state index is 13.0. The average Bonchev–Trinajstić information content (AvgIpc) is 3.38. The van der Waals surface area contributed by atoms with Gasteiger partial charge in [-0.3, -0.25) is 14.3 Å². The molecule has 2 aliphatic rings. The number of amides is 2. The maximum Gasteiger partial charge on any atom is 0.227 e. The number of rotatable bonds is 4. The minimum atomic E-state index is -0.151. The summed E-state index contributed by atoms with van der Waals surface area (Å²) in [5.74, 6) is 0.782. The van der Waals surface area contributed by atoms with Gasteiger partial charge in [0.05, 0.1) is 24.2 Å². The SMILES string of the molecule is CC(=O)N1CCc2nc([C@@H]3CCCN3C(=O)[C@@H](C)Cn3cccn3)ncc2C1. The molecule has 8 heteroatoms. The molecule has 0 aromatic carbocycles. The van der Waals surface area contributed by atoms with Gasteiger partial charge in [-0.05, 0) is 18.9 Å². The zero-order chi connectivity index (χ0) is 19.7. The molecule has 0 spiro atoms. The third-order valence-corrected chi connectivity index (χ3v) is 5.67. The van der Waals surface area contributed by atoms with Crippen molar-refractivity contribution in [3.8, 4) is 0 Å². The van der Waals surface area contributed by atoms with Crippen LogP contribution in [-0.2, 0) is 29.1 Å². The molecule has 0 N–H and O–H groups in total. The molecule has 0 unspecified atom stereocenters. The van der Waals surface area contributed by atoms with Gasteiger partial charge in [-0.2, -0.15) is 5.10 Å². The summed E-state index contributed by atoms with van der Waals surface area (Å²) in [4.78, 5) is 37.8. The molecule has 8 nitrogen and oxygen atoms in total. The second-order valence-corrected chi connectivity index (χ2v) is 7.71. The summed E-state index contributed by atoms with van der Waals surface area (Å²) in [5, 5.41) is 4.20. The monoisotopic (exact) mass is 382 g/mol. The number of hydrogen-bond acceptors (Lipinski definition) is 5. The van der Waals surface area contributed by atoms with Gasteiger partial charge in [0.1, 0.15) is 0 Å². The van der Waals surface area contributed by atoms with E-state index in [4.69, 9.17) is 4.98 Å². The molecule has 0 radical (unpaired) electrons. The van der Waals surface area contributed by atoms with Crippen molar-refractivity contribution in [3.63, 3.8) is 0 Å². The highest BCUT2D eigenvalue weighted by Crippen LogP contribution is 2.32. The number of fused-ring (bicyclic) bond motifs is 1. The van der Waals surface area contributed by atoms with E-state index in [0.717, 1.165) is 42.9 Å². The van der Waals surface area contributed by atoms with E-state index in [-0.39, 0.29) is 23.8 Å². The number of carbonyl (C=O) groups is 2. The van der Waals surface area contributed by atoms with Crippen LogP contribution in [0.4, 0.5) is 0 Å². The van der Waals surface area contributed by atoms with Crippen LogP contribution in [0.1, 0.15) is 49.8 Å². The van der Waals surface area contributed by atoms with Crippen LogP contribution in [0.3, 0.4) is 0 Å². The van der Waals surface area contributed by atoms with Crippen LogP contribution in [0.5, 0.6) is 0 Å². The standard InChI is InChI=1S/C20H26N6O2/c1-14(12-25-8-4-7-22-25)20(28)26-9-3-5-18(26)19-21-11-16-13-24(15(2)27)10-6-17(16)23-19/h4,7-8,11,14,18H,3,5-6,9-10,12-13H2,1-2H3/t14-,18-/m0/s1. The fourth-order valence-electron chi connectivity index (χ4n) is 4.11. The quantitative estimate of drug-likeness (QED) is 0.802. The van der Waals surface area contributed by atoms with Crippen molar-refractivity contribution in [2.24, 2.45) is 5.92 Å². The summed E-state index contributed by atoms with van der Waals surface area (Å²) in [6, 6.07) is 1.80. The molecule has 2 aromatic heterocycles. The number of aromatic nitrogens is 4. The zero-order valence-corrected chi connectivity index (χ0v) is 16.4. The molecule has 4 rings (SSSR count). The van der Waals surface area contributed by atoms with E-state index in [1.54, 1.807) is 17.8 Å². The van der Waals surface area contributed by atoms with Crippen molar-refractivity contribution >= 4 is 11.8 Å². The number of carbonyl (C=O) groups excluding carboxylic acids is 2. The lowest BCUT2D eigenvalue weighted by molar-refractivity contribution is -0.136. The fourth-order valence-corrected chi connectivity index (χ4v) is 4.11. The van der Waals surface area contributed by atoms with Gasteiger partial charge in [0, 0.05) is 57.1 Å². The third kappa shape index (κ3) is 3.63. The van der Waals surface area contributed by atoms with Crippen molar-refractivity contribution in [1.29, 1.82) is 0 Å². The first kappa shape index (κ1) is 18.6. The van der Waals surface area contributed by atoms with Gasteiger partial charge in [-0.1, -0.05) is 6.92 Å². The third-order valence-electron chi connectivity index (χ3n) is 5.67. The van der Waals surface area contributed by atoms with E-state index >= 15 is 0 Å². The topological polar surface area (TPSA) is 84.2 Å². The Bertz CT molecular complexity index is 866. The van der Waals surface area contributed by atoms with E-state index in [1.807, 2.05) is 35.2 Å². The largest absolute Gasteiger partial charge is 0.338 e. The van der Waals surface area contributed by atoms with Gasteiger partial charge in [-0.15, -0.1) is 0 Å². The predicted octanol–water partition coefficient (Wildman–Crippen LogP) is 1.58. The molecule has 28 heavy (non-hydrogen) atoms. The Balaban J connectivity index is 1.49. The van der Waals surface area contributed by atoms with Gasteiger partial charge in [0.2, 0.25) is 11.8 Å². The summed E-state index contributed by atoms with van der Waals surface area (Å²) in [6.45, 7) is 6.11. The summed E-state index contributed by atoms with van der Waals surface area (Å²) >= 11 is 0. The van der Waals surface area contributed by atoms with Crippen molar-refractivity contribution in [3.05, 3.63) is 41.7 Å². The van der Waals surface area contributed by atoms with E-state index in [2.05, 4.69) is 10.1 Å². The molecular weight excluding hydrogens is 356 g/mol. The van der Waals surface area contributed by atoms with Gasteiger partial charge >= 0.3 is 0 Å². The average molecular weight is 382 g/mol. The molecule has 1 fully saturated rings. The van der Waals surface area contributed by atoms with Crippen LogP contribution in [0, 0.1) is 5.92 Å². The summed E-state index contributed by atoms with van der Waals surface area (Å²) < 4.78 is 1.80. The highest BCUT2D eigenvalue weighted by atomic mass is 16.2. The van der Waals surface area contributed by atoms with Gasteiger partial charge in [0.25, 0.3) is 0 Å². The second-order valence-electron chi connectivity index (χ2n) is 7.71. The van der Waals surface area contributed by atoms with Crippen LogP contribution in [0.15, 0.2) is 24.7 Å². The van der Waals surface area contributed by atoms with E-state index < -0.39 is 0 Å². The molecule has 0 bridgehead atoms. The molecule has 148 valence electrons. The van der Waals surface area contributed by atoms with Crippen LogP contribution in [0.2, 0.25) is 0 Å². The Morgan fingerprint density at radius 3 is 2.93 bits per heavy atom. The molecule has 4 heterocycles. The molecule has 1 saturated heterocycles. The molecule has 2 aliphatic heterocycles. The normalized spacial score (nSPS) is 20.1. The van der Waals surface area contributed by atoms with Crippen LogP contribution >= 0.6 is 0 Å². The highest BCUT2D eigenvalue weighted by molar-refractivity contribution is 5.79. The predicted molar refractivity (Wildman–Crippen MR) is 102 cm³/mol. The zero-order valence-electron chi connectivity index (χ0n) is 16.4. The Morgan fingerprint density at radius 2 is 2.18 bits per heavy atom. The maximum atomic E-state index is 13.0. The molecular formula is C20H26N6O2. The van der Waals surface area contributed by atoms with Crippen molar-refractivity contribution < 1.29 is 9.59 Å². The lowest BCUT2D eigenvalue weighted by Crippen LogP contribution is -2.38. The number of nitrogens with zero attached hydrogens (tertiary/aromatic N) is 6. The smallest absolute Gasteiger partial charge is 0.227 e. The highest BCUT2D eigenvalue weighted by Gasteiger charge is 2.35. The number of likely N-dealkylation sites (tertiary alicyclic amines) is 1. The summed E-state index contributed by atoms with van der Waals surface area (Å²) in [5.41, 5.74) is 2.01. The molecule has 2 amide bonds. The minimum absolute atomic E-state index is 0.0660. The Morgan fingerprint density at radius 1 is 1.32 bits per heavy atom. The summed E-state index contributed by atoms with van der Waals surface area (Å²) in [7, 11) is 0. The van der Waals surface area contributed by atoms with E-state index in [0.29, 0.717) is 19.6 Å². The lowest BCUT2D eigenvalue weighted by Gasteiger charge is -2.29. The Hall–Kier alpha value is -2.77. The Kier molecular flexibility index (Phi) is 5.11. The number of hydrogen-bond donors (Lipinski definition) is 0. The minimum Gasteiger partial charge on any atom is -0.338 e. The van der Waals surface area contributed by atoms with Crippen LogP contribution in [0.25, 0.3) is 0 Å². The van der Waals surface area contributed by atoms with Crippen LogP contribution < -0.4 is 0 Å². The molecule has 2 atom stereocenters. The first-order valence-corrected chi connectivity index (χ1v) is 9.91. The van der Waals surface area contributed by atoms with Crippen molar-refractivity contribution in [1.82, 2.24) is 29.5 Å². The van der Waals surface area contributed by atoms with Gasteiger partial charge in [0.15, 0.2) is 5.82 Å². The first-order chi connectivity index (χ1) is 13.5. The lowest BCUT2D eigenvalue weighted by atomic mass is 10.1. The van der Waals surface area contributed by atoms with Gasteiger partial charge in [-0.25, -0.2) is 9.97 Å². The first-order valence-electron chi connectivity index (χ1n) is 9.91. The van der Waals surface area contributed by atoms with Crippen LogP contribution in [-0.4, -0.2) is 54.5 Å². The molecule has 0 aliphatic carbocycles. The van der Waals surface area contributed by atoms with Gasteiger partial charge < -0.3 is 9.80 Å². The molecule has 0 saturated carbocycles. The molecule has 2 aromatic rings. The Labute approximate surface area is 164 Å². The van der Waals surface area contributed by atoms with Crippen molar-refractivity contribution in [2.75, 3.05) is 13.1 Å². The van der Waals surface area contributed by atoms with E-state index in [1.165, 1.54) is 0 Å².